The number of fused-ring (bicyclic) bond motifs is 1. The molecule has 0 aliphatic carbocycles. The summed E-state index contributed by atoms with van der Waals surface area (Å²) in [5, 5.41) is 13.6. The van der Waals surface area contributed by atoms with E-state index in [-0.39, 0.29) is 11.3 Å². The Hall–Kier alpha value is -1.96. The highest BCUT2D eigenvalue weighted by molar-refractivity contribution is 7.89. The summed E-state index contributed by atoms with van der Waals surface area (Å²) < 4.78 is 28.0. The molecule has 1 aliphatic rings. The average Bonchev–Trinajstić information content (AvgIpc) is 2.54. The molecule has 0 radical (unpaired) electrons. The molecule has 0 bridgehead atoms. The van der Waals surface area contributed by atoms with Crippen LogP contribution in [0.2, 0.25) is 0 Å². The van der Waals surface area contributed by atoms with Crippen molar-refractivity contribution in [3.8, 4) is 0 Å². The second kappa shape index (κ2) is 6.27. The molecule has 7 heteroatoms. The van der Waals surface area contributed by atoms with E-state index in [4.69, 9.17) is 5.11 Å². The topological polar surface area (TPSA) is 95.5 Å². The van der Waals surface area contributed by atoms with Gasteiger partial charge in [0.15, 0.2) is 0 Å². The second-order valence-electron chi connectivity index (χ2n) is 5.72. The molecule has 2 aromatic carbocycles. The molecular weight excluding hydrogens is 316 g/mol. The standard InChI is InChI=1S/C16H18N2O4S/c19-16(20)12-8-13(10-17-9-12)18-23(21,22)15-7-3-5-11-4-1-2-6-14(11)15/h1-7,12-13,17-18H,8-10H2,(H,19,20)/t12-,13+/m0/s1. The molecule has 0 aromatic heterocycles. The zero-order valence-corrected chi connectivity index (χ0v) is 13.2. The lowest BCUT2D eigenvalue weighted by molar-refractivity contribution is -0.142. The lowest BCUT2D eigenvalue weighted by Gasteiger charge is -2.28. The molecule has 3 rings (SSSR count). The first kappa shape index (κ1) is 15.9. The Labute approximate surface area is 134 Å². The summed E-state index contributed by atoms with van der Waals surface area (Å²) in [7, 11) is -3.72. The third-order valence-corrected chi connectivity index (χ3v) is 5.64. The van der Waals surface area contributed by atoms with Gasteiger partial charge in [-0.2, -0.15) is 0 Å². The van der Waals surface area contributed by atoms with Crippen LogP contribution in [0.1, 0.15) is 6.42 Å². The number of rotatable bonds is 4. The van der Waals surface area contributed by atoms with Gasteiger partial charge < -0.3 is 10.4 Å². The van der Waals surface area contributed by atoms with Crippen molar-refractivity contribution in [2.45, 2.75) is 17.4 Å². The zero-order valence-electron chi connectivity index (χ0n) is 12.4. The first-order valence-electron chi connectivity index (χ1n) is 7.41. The predicted octanol–water partition coefficient (Wildman–Crippen LogP) is 1.18. The van der Waals surface area contributed by atoms with Gasteiger partial charge in [0.2, 0.25) is 10.0 Å². The summed E-state index contributed by atoms with van der Waals surface area (Å²) in [6.07, 6.45) is 0.284. The summed E-state index contributed by atoms with van der Waals surface area (Å²) in [6.45, 7) is 0.787. The van der Waals surface area contributed by atoms with Gasteiger partial charge in [0.1, 0.15) is 0 Å². The maximum atomic E-state index is 12.7. The SMILES string of the molecule is O=C(O)[C@@H]1CNC[C@H](NS(=O)(=O)c2cccc3ccccc23)C1. The van der Waals surface area contributed by atoms with Gasteiger partial charge >= 0.3 is 5.97 Å². The Morgan fingerprint density at radius 3 is 2.65 bits per heavy atom. The van der Waals surface area contributed by atoms with Gasteiger partial charge in [0, 0.05) is 24.5 Å². The Kier molecular flexibility index (Phi) is 4.34. The Bertz CT molecular complexity index is 830. The van der Waals surface area contributed by atoms with E-state index in [2.05, 4.69) is 10.0 Å². The van der Waals surface area contributed by atoms with E-state index < -0.39 is 28.0 Å². The third kappa shape index (κ3) is 3.36. The van der Waals surface area contributed by atoms with E-state index in [0.29, 0.717) is 18.5 Å². The lowest BCUT2D eigenvalue weighted by atomic mass is 9.97. The number of nitrogens with one attached hydrogen (secondary N) is 2. The Morgan fingerprint density at radius 2 is 1.87 bits per heavy atom. The van der Waals surface area contributed by atoms with Crippen molar-refractivity contribution in [3.05, 3.63) is 42.5 Å². The monoisotopic (exact) mass is 334 g/mol. The third-order valence-electron chi connectivity index (χ3n) is 4.06. The number of benzene rings is 2. The Balaban J connectivity index is 1.88. The molecule has 0 saturated carbocycles. The fourth-order valence-electron chi connectivity index (χ4n) is 2.93. The van der Waals surface area contributed by atoms with Crippen molar-refractivity contribution >= 4 is 26.8 Å². The number of hydrogen-bond donors (Lipinski definition) is 3. The molecule has 1 saturated heterocycles. The number of piperidine rings is 1. The molecular formula is C16H18N2O4S. The van der Waals surface area contributed by atoms with Gasteiger partial charge in [0.05, 0.1) is 10.8 Å². The van der Waals surface area contributed by atoms with Crippen LogP contribution < -0.4 is 10.0 Å². The average molecular weight is 334 g/mol. The lowest BCUT2D eigenvalue weighted by Crippen LogP contribution is -2.50. The maximum Gasteiger partial charge on any atom is 0.307 e. The minimum atomic E-state index is -3.72. The summed E-state index contributed by atoms with van der Waals surface area (Å²) in [6, 6.07) is 12.0. The minimum absolute atomic E-state index is 0.216. The second-order valence-corrected chi connectivity index (χ2v) is 7.41. The number of hydrogen-bond acceptors (Lipinski definition) is 4. The van der Waals surface area contributed by atoms with Gasteiger partial charge in [-0.25, -0.2) is 13.1 Å². The van der Waals surface area contributed by atoms with E-state index in [1.807, 2.05) is 18.2 Å². The summed E-state index contributed by atoms with van der Waals surface area (Å²) >= 11 is 0. The van der Waals surface area contributed by atoms with Gasteiger partial charge in [-0.05, 0) is 17.9 Å². The molecule has 23 heavy (non-hydrogen) atoms. The number of aliphatic carboxylic acids is 1. The molecule has 3 N–H and O–H groups in total. The molecule has 0 unspecified atom stereocenters. The fraction of sp³-hybridized carbons (Fsp3) is 0.312. The number of carboxylic acids is 1. The maximum absolute atomic E-state index is 12.7. The van der Waals surface area contributed by atoms with Crippen LogP contribution >= 0.6 is 0 Å². The summed E-state index contributed by atoms with van der Waals surface area (Å²) in [4.78, 5) is 11.3. The van der Waals surface area contributed by atoms with Crippen molar-refractivity contribution < 1.29 is 18.3 Å². The molecule has 1 fully saturated rings. The van der Waals surface area contributed by atoms with Gasteiger partial charge in [-0.1, -0.05) is 36.4 Å². The fourth-order valence-corrected chi connectivity index (χ4v) is 4.41. The molecule has 0 spiro atoms. The van der Waals surface area contributed by atoms with Crippen LogP contribution in [0.3, 0.4) is 0 Å². The van der Waals surface area contributed by atoms with E-state index in [1.165, 1.54) is 0 Å². The van der Waals surface area contributed by atoms with Gasteiger partial charge in [-0.3, -0.25) is 4.79 Å². The van der Waals surface area contributed by atoms with Crippen molar-refractivity contribution in [1.29, 1.82) is 0 Å². The van der Waals surface area contributed by atoms with Crippen LogP contribution in [-0.4, -0.2) is 38.6 Å². The van der Waals surface area contributed by atoms with E-state index >= 15 is 0 Å². The van der Waals surface area contributed by atoms with Crippen LogP contribution in [0.15, 0.2) is 47.4 Å². The van der Waals surface area contributed by atoms with Crippen LogP contribution in [0.5, 0.6) is 0 Å². The minimum Gasteiger partial charge on any atom is -0.481 e. The van der Waals surface area contributed by atoms with E-state index in [0.717, 1.165) is 5.39 Å². The predicted molar refractivity (Wildman–Crippen MR) is 86.7 cm³/mol. The normalized spacial score (nSPS) is 22.1. The first-order valence-corrected chi connectivity index (χ1v) is 8.89. The van der Waals surface area contributed by atoms with E-state index in [9.17, 15) is 13.2 Å². The molecule has 2 aromatic rings. The zero-order chi connectivity index (χ0) is 16.4. The number of carbonyl (C=O) groups is 1. The van der Waals surface area contributed by atoms with Gasteiger partial charge in [0.25, 0.3) is 0 Å². The van der Waals surface area contributed by atoms with Crippen LogP contribution in [0, 0.1) is 5.92 Å². The van der Waals surface area contributed by atoms with E-state index in [1.54, 1.807) is 24.3 Å². The summed E-state index contributed by atoms with van der Waals surface area (Å²) in [5.74, 6) is -1.49. The first-order chi connectivity index (χ1) is 11.0. The summed E-state index contributed by atoms with van der Waals surface area (Å²) in [5.41, 5.74) is 0. The van der Waals surface area contributed by atoms with Crippen molar-refractivity contribution in [1.82, 2.24) is 10.0 Å². The molecule has 2 atom stereocenters. The molecule has 122 valence electrons. The largest absolute Gasteiger partial charge is 0.481 e. The van der Waals surface area contributed by atoms with Crippen molar-refractivity contribution in [2.75, 3.05) is 13.1 Å². The van der Waals surface area contributed by atoms with Crippen LogP contribution in [-0.2, 0) is 14.8 Å². The van der Waals surface area contributed by atoms with Crippen LogP contribution in [0.25, 0.3) is 10.8 Å². The van der Waals surface area contributed by atoms with Crippen molar-refractivity contribution in [2.24, 2.45) is 5.92 Å². The van der Waals surface area contributed by atoms with Gasteiger partial charge in [-0.15, -0.1) is 0 Å². The smallest absolute Gasteiger partial charge is 0.307 e. The highest BCUT2D eigenvalue weighted by Gasteiger charge is 2.30. The quantitative estimate of drug-likeness (QED) is 0.780. The highest BCUT2D eigenvalue weighted by Crippen LogP contribution is 2.23. The Morgan fingerprint density at radius 1 is 1.13 bits per heavy atom. The molecule has 0 amide bonds. The molecule has 1 aliphatic heterocycles. The molecule has 6 nitrogen and oxygen atoms in total. The number of sulfonamides is 1. The highest BCUT2D eigenvalue weighted by atomic mass is 32.2. The van der Waals surface area contributed by atoms with Crippen LogP contribution in [0.4, 0.5) is 0 Å². The van der Waals surface area contributed by atoms with Crippen molar-refractivity contribution in [3.63, 3.8) is 0 Å². The number of carboxylic acid groups (broad SMARTS) is 1. The molecule has 1 heterocycles.